The number of hydrogen-bond acceptors (Lipinski definition) is 7. The lowest BCUT2D eigenvalue weighted by atomic mass is 10.2. The first-order valence-corrected chi connectivity index (χ1v) is 14.0. The fourth-order valence-corrected chi connectivity index (χ4v) is 3.88. The number of aromatic nitrogens is 3. The Morgan fingerprint density at radius 2 is 2.03 bits per heavy atom. The highest BCUT2D eigenvalue weighted by Crippen LogP contribution is 2.28. The van der Waals surface area contributed by atoms with E-state index in [-0.39, 0.29) is 12.6 Å². The Balaban J connectivity index is 1.40. The summed E-state index contributed by atoms with van der Waals surface area (Å²) in [7, 11) is -0.611. The molecule has 3 aromatic heterocycles. The van der Waals surface area contributed by atoms with Crippen LogP contribution in [0.5, 0.6) is 11.6 Å². The summed E-state index contributed by atoms with van der Waals surface area (Å²) in [6.45, 7) is 7.28. The number of pyridine rings is 1. The maximum Gasteiger partial charge on any atom is 0.303 e. The van der Waals surface area contributed by atoms with Crippen LogP contribution in [-0.2, 0) is 27.6 Å². The molecule has 0 bridgehead atoms. The van der Waals surface area contributed by atoms with Gasteiger partial charge in [0, 0.05) is 57.8 Å². The van der Waals surface area contributed by atoms with Crippen molar-refractivity contribution in [3.05, 3.63) is 60.6 Å². The molecule has 0 aliphatic carbocycles. The van der Waals surface area contributed by atoms with Gasteiger partial charge in [-0.3, -0.25) is 4.79 Å². The number of benzene rings is 1. The highest BCUT2D eigenvalue weighted by Gasteiger charge is 2.10. The van der Waals surface area contributed by atoms with E-state index in [9.17, 15) is 4.79 Å². The predicted octanol–water partition coefficient (Wildman–Crippen LogP) is 5.01. The molecular weight excluding hydrogens is 438 g/mol. The molecule has 0 N–H and O–H groups in total. The smallest absolute Gasteiger partial charge is 0.303 e. The second kappa shape index (κ2) is 10.5. The number of carbonyl (C=O) groups excluding carboxylic acids is 1. The summed E-state index contributed by atoms with van der Waals surface area (Å²) in [5, 5.41) is 5.26. The first-order chi connectivity index (χ1) is 16.0. The maximum atomic E-state index is 11.0. The molecule has 0 aliphatic heterocycles. The van der Waals surface area contributed by atoms with Crippen molar-refractivity contribution in [3.63, 3.8) is 0 Å². The zero-order valence-electron chi connectivity index (χ0n) is 19.0. The molecule has 1 aromatic carbocycles. The Labute approximate surface area is 193 Å². The van der Waals surface area contributed by atoms with Gasteiger partial charge in [-0.2, -0.15) is 5.10 Å². The molecule has 0 saturated carbocycles. The molecule has 0 atom stereocenters. The van der Waals surface area contributed by atoms with Crippen molar-refractivity contribution in [1.29, 1.82) is 0 Å². The van der Waals surface area contributed by atoms with E-state index in [2.05, 4.69) is 23.2 Å². The van der Waals surface area contributed by atoms with Crippen molar-refractivity contribution < 1.29 is 23.4 Å². The van der Waals surface area contributed by atoms with Crippen molar-refractivity contribution in [1.82, 2.24) is 14.8 Å². The maximum absolute atomic E-state index is 11.0. The van der Waals surface area contributed by atoms with Gasteiger partial charge in [0.25, 0.3) is 0 Å². The Kier molecular flexibility index (Phi) is 7.21. The van der Waals surface area contributed by atoms with Gasteiger partial charge >= 0.3 is 5.97 Å². The largest absolute Gasteiger partial charge is 0.458 e. The Bertz CT molecular complexity index is 1220. The summed E-state index contributed by atoms with van der Waals surface area (Å²) >= 11 is 0. The van der Waals surface area contributed by atoms with Crippen LogP contribution < -0.4 is 4.74 Å². The normalized spacial score (nSPS) is 11.3. The van der Waals surface area contributed by atoms with E-state index in [1.54, 1.807) is 18.5 Å². The number of furan rings is 1. The van der Waals surface area contributed by atoms with Crippen LogP contribution in [0.3, 0.4) is 0 Å². The lowest BCUT2D eigenvalue weighted by Gasteiger charge is -2.10. The number of fused-ring (bicyclic) bond motifs is 1. The zero-order valence-corrected chi connectivity index (χ0v) is 20.1. The monoisotopic (exact) mass is 465 g/mol. The molecule has 8 nitrogen and oxygen atoms in total. The van der Waals surface area contributed by atoms with Crippen molar-refractivity contribution in [3.8, 4) is 22.9 Å². The molecule has 3 heterocycles. The molecule has 0 fully saturated rings. The van der Waals surface area contributed by atoms with Crippen LogP contribution in [0.25, 0.3) is 22.2 Å². The first kappa shape index (κ1) is 22.7. The summed E-state index contributed by atoms with van der Waals surface area (Å²) in [5.74, 6) is 1.29. The average Bonchev–Trinajstić information content (AvgIpc) is 3.42. The minimum absolute atomic E-state index is 0.101. The highest BCUT2D eigenvalue weighted by atomic mass is 28.3. The zero-order chi connectivity index (χ0) is 23.2. The number of ether oxygens (including phenoxy) is 3. The standard InChI is InChI=1S/C24H27N3O5Si/c1-17(28)30-15-21-12-18-4-6-20(13-23(18)31-21)32-24-7-5-19(14-25-24)22-8-9-26-27(22)16-29-10-11-33(2)3/h4-9,12-14,33H,10-11,15-16H2,1-3H3. The van der Waals surface area contributed by atoms with Crippen LogP contribution in [0.2, 0.25) is 19.1 Å². The van der Waals surface area contributed by atoms with Crippen LogP contribution in [-0.4, -0.2) is 36.1 Å². The van der Waals surface area contributed by atoms with Crippen molar-refractivity contribution in [2.75, 3.05) is 6.61 Å². The summed E-state index contributed by atoms with van der Waals surface area (Å²) in [6.07, 6.45) is 3.51. The summed E-state index contributed by atoms with van der Waals surface area (Å²) < 4.78 is 24.2. The molecule has 0 spiro atoms. The molecule has 33 heavy (non-hydrogen) atoms. The minimum atomic E-state index is -0.611. The molecule has 4 rings (SSSR count). The number of rotatable bonds is 10. The number of nitrogens with zero attached hydrogens (tertiary/aromatic N) is 3. The van der Waals surface area contributed by atoms with E-state index in [1.807, 2.05) is 41.1 Å². The summed E-state index contributed by atoms with van der Waals surface area (Å²) in [4.78, 5) is 15.4. The Morgan fingerprint density at radius 3 is 2.79 bits per heavy atom. The number of carbonyl (C=O) groups is 1. The fourth-order valence-electron chi connectivity index (χ4n) is 3.24. The molecule has 0 unspecified atom stereocenters. The van der Waals surface area contributed by atoms with E-state index >= 15 is 0 Å². The van der Waals surface area contributed by atoms with E-state index in [4.69, 9.17) is 18.6 Å². The van der Waals surface area contributed by atoms with Gasteiger partial charge in [0.15, 0.2) is 0 Å². The third kappa shape index (κ3) is 6.08. The Hall–Kier alpha value is -3.43. The molecule has 0 radical (unpaired) electrons. The van der Waals surface area contributed by atoms with Crippen LogP contribution >= 0.6 is 0 Å². The van der Waals surface area contributed by atoms with Crippen molar-refractivity contribution >= 4 is 25.7 Å². The van der Waals surface area contributed by atoms with Crippen LogP contribution in [0.4, 0.5) is 0 Å². The van der Waals surface area contributed by atoms with Gasteiger partial charge in [0.1, 0.15) is 30.4 Å². The molecular formula is C24H27N3O5Si. The van der Waals surface area contributed by atoms with E-state index in [0.29, 0.717) is 29.7 Å². The van der Waals surface area contributed by atoms with Gasteiger partial charge < -0.3 is 18.6 Å². The van der Waals surface area contributed by atoms with Crippen LogP contribution in [0.1, 0.15) is 12.7 Å². The highest BCUT2D eigenvalue weighted by molar-refractivity contribution is 6.55. The topological polar surface area (TPSA) is 88.6 Å². The second-order valence-electron chi connectivity index (χ2n) is 8.12. The van der Waals surface area contributed by atoms with Crippen molar-refractivity contribution in [2.24, 2.45) is 0 Å². The first-order valence-electron chi connectivity index (χ1n) is 10.9. The molecule has 0 amide bonds. The lowest BCUT2D eigenvalue weighted by molar-refractivity contribution is -0.142. The second-order valence-corrected chi connectivity index (χ2v) is 11.5. The minimum Gasteiger partial charge on any atom is -0.458 e. The van der Waals surface area contributed by atoms with Gasteiger partial charge in [0.2, 0.25) is 5.88 Å². The molecule has 9 heteroatoms. The number of hydrogen-bond donors (Lipinski definition) is 0. The third-order valence-corrected chi connectivity index (χ3v) is 6.37. The van der Waals surface area contributed by atoms with Gasteiger partial charge in [-0.05, 0) is 36.4 Å². The van der Waals surface area contributed by atoms with E-state index in [1.165, 1.54) is 6.92 Å². The molecule has 172 valence electrons. The Morgan fingerprint density at radius 1 is 1.15 bits per heavy atom. The number of esters is 1. The van der Waals surface area contributed by atoms with Crippen LogP contribution in [0, 0.1) is 0 Å². The lowest BCUT2D eigenvalue weighted by Crippen LogP contribution is -2.10. The predicted molar refractivity (Wildman–Crippen MR) is 127 cm³/mol. The SMILES string of the molecule is CC(=O)OCc1cc2ccc(Oc3ccc(-c4ccnn4COCC[SiH](C)C)cn3)cc2o1. The average molecular weight is 466 g/mol. The van der Waals surface area contributed by atoms with Gasteiger partial charge in [-0.1, -0.05) is 13.1 Å². The molecule has 4 aromatic rings. The molecule has 0 aliphatic rings. The summed E-state index contributed by atoms with van der Waals surface area (Å²) in [6, 6.07) is 14.2. The van der Waals surface area contributed by atoms with Gasteiger partial charge in [-0.25, -0.2) is 9.67 Å². The quantitative estimate of drug-likeness (QED) is 0.185. The summed E-state index contributed by atoms with van der Waals surface area (Å²) in [5.41, 5.74) is 2.52. The van der Waals surface area contributed by atoms with Gasteiger partial charge in [0.05, 0.1) is 5.69 Å². The van der Waals surface area contributed by atoms with E-state index < -0.39 is 8.80 Å². The fraction of sp³-hybridized carbons (Fsp3) is 0.292. The van der Waals surface area contributed by atoms with Crippen LogP contribution in [0.15, 0.2) is 59.3 Å². The molecule has 0 saturated heterocycles. The third-order valence-electron chi connectivity index (χ3n) is 4.98. The van der Waals surface area contributed by atoms with Crippen molar-refractivity contribution in [2.45, 2.75) is 39.4 Å². The van der Waals surface area contributed by atoms with E-state index in [0.717, 1.165) is 29.3 Å². The van der Waals surface area contributed by atoms with Gasteiger partial charge in [-0.15, -0.1) is 0 Å².